The number of hydrazine groups is 1. The van der Waals surface area contributed by atoms with Crippen molar-refractivity contribution in [3.8, 4) is 11.5 Å². The fourth-order valence-corrected chi connectivity index (χ4v) is 9.25. The molecule has 4 aliphatic rings. The number of hydrogen-bond acceptors (Lipinski definition) is 8. The van der Waals surface area contributed by atoms with E-state index in [0.29, 0.717) is 23.0 Å². The summed E-state index contributed by atoms with van der Waals surface area (Å²) in [6, 6.07) is 17.0. The molecule has 0 radical (unpaired) electrons. The average Bonchev–Trinajstić information content (AvgIpc) is 3.53. The second-order valence-electron chi connectivity index (χ2n) is 14.0. The van der Waals surface area contributed by atoms with Crippen LogP contribution in [0.25, 0.3) is 0 Å². The highest BCUT2D eigenvalue weighted by Gasteiger charge is 2.71. The van der Waals surface area contributed by atoms with Crippen molar-refractivity contribution in [2.75, 3.05) is 10.3 Å². The lowest BCUT2D eigenvalue weighted by atomic mass is 9.49. The van der Waals surface area contributed by atoms with Gasteiger partial charge in [-0.1, -0.05) is 65.2 Å². The van der Waals surface area contributed by atoms with Crippen LogP contribution in [0, 0.1) is 23.7 Å². The normalized spacial score (nSPS) is 25.9. The molecule has 3 aromatic carbocycles. The Bertz CT molecular complexity index is 2380. The molecule has 2 aliphatic carbocycles. The molecule has 6 unspecified atom stereocenters. The Labute approximate surface area is 328 Å². The average molecular weight is 832 g/mol. The van der Waals surface area contributed by atoms with Crippen molar-refractivity contribution in [2.24, 2.45) is 23.7 Å². The smallest absolute Gasteiger partial charge is 0.508 e. The molecular formula is C39H26Cl2F6N4O6. The van der Waals surface area contributed by atoms with Crippen LogP contribution in [0.3, 0.4) is 0 Å². The van der Waals surface area contributed by atoms with E-state index in [1.54, 1.807) is 36.4 Å². The Kier molecular flexibility index (Phi) is 9.07. The topological polar surface area (TPSA) is 129 Å². The van der Waals surface area contributed by atoms with Gasteiger partial charge in [-0.2, -0.15) is 18.2 Å². The van der Waals surface area contributed by atoms with Gasteiger partial charge in [-0.05, 0) is 72.9 Å². The molecule has 8 rings (SSSR count). The van der Waals surface area contributed by atoms with Crippen molar-refractivity contribution in [1.29, 1.82) is 0 Å². The van der Waals surface area contributed by atoms with Crippen LogP contribution in [0.2, 0.25) is 10.0 Å². The lowest BCUT2D eigenvalue weighted by Gasteiger charge is -2.50. The minimum absolute atomic E-state index is 0.0447. The van der Waals surface area contributed by atoms with Gasteiger partial charge in [0.2, 0.25) is 11.8 Å². The summed E-state index contributed by atoms with van der Waals surface area (Å²) in [5.41, 5.74) is -0.454. The van der Waals surface area contributed by atoms with E-state index in [0.717, 1.165) is 23.1 Å². The van der Waals surface area contributed by atoms with E-state index in [4.69, 9.17) is 23.2 Å². The molecule has 0 spiro atoms. The molecule has 6 atom stereocenters. The van der Waals surface area contributed by atoms with Crippen LogP contribution in [0.5, 0.6) is 11.5 Å². The van der Waals surface area contributed by atoms with Crippen LogP contribution in [0.4, 0.5) is 37.8 Å². The summed E-state index contributed by atoms with van der Waals surface area (Å²) in [4.78, 5) is 63.1. The second-order valence-corrected chi connectivity index (χ2v) is 14.9. The number of para-hydroxylation sites is 1. The molecule has 2 N–H and O–H groups in total. The first kappa shape index (κ1) is 38.3. The fourth-order valence-electron chi connectivity index (χ4n) is 8.92. The molecule has 294 valence electrons. The summed E-state index contributed by atoms with van der Waals surface area (Å²) in [5.74, 6) is -11.0. The standard InChI is InChI=1S/C39H26Cl2F6N4O6/c40-20-8-6-18(7-9-20)37-27(34(54)51(36(37)56)49-32-28(41)14-19(17-48-32)38(42,43)44)16-25-23(31(37)26-15-22(10-13-29(26)52)57-39(45,46)47)11-12-24-30(25)35(55)50(33(24)53)21-4-2-1-3-5-21/h1-11,13-15,17,24-25,27,30-31,52H,12,16H2,(H,48,49). The molecule has 1 aromatic heterocycles. The van der Waals surface area contributed by atoms with Crippen molar-refractivity contribution in [1.82, 2.24) is 9.99 Å². The molecule has 4 amide bonds. The van der Waals surface area contributed by atoms with Crippen LogP contribution in [-0.4, -0.2) is 45.1 Å². The van der Waals surface area contributed by atoms with Crippen molar-refractivity contribution >= 4 is 58.3 Å². The SMILES string of the molecule is O=C1C2CC3C(=CCC4C(=O)N(c5ccccc5)C(=O)C43)C(c3cc(OC(F)(F)F)ccc3O)C2(c2ccc(Cl)cc2)C(=O)N1Nc1ncc(C(F)(F)F)cc1Cl. The van der Waals surface area contributed by atoms with Crippen LogP contribution >= 0.6 is 23.2 Å². The quantitative estimate of drug-likeness (QED) is 0.113. The van der Waals surface area contributed by atoms with Crippen LogP contribution in [0.15, 0.2) is 96.7 Å². The molecule has 3 fully saturated rings. The maximum atomic E-state index is 15.3. The number of benzene rings is 3. The van der Waals surface area contributed by atoms with Gasteiger partial charge in [0, 0.05) is 22.7 Å². The number of nitrogens with zero attached hydrogens (tertiary/aromatic N) is 3. The van der Waals surface area contributed by atoms with Crippen LogP contribution in [0.1, 0.15) is 35.4 Å². The summed E-state index contributed by atoms with van der Waals surface area (Å²) >= 11 is 12.4. The summed E-state index contributed by atoms with van der Waals surface area (Å²) in [7, 11) is 0. The highest BCUT2D eigenvalue weighted by Crippen LogP contribution is 2.65. The molecule has 3 heterocycles. The lowest BCUT2D eigenvalue weighted by Crippen LogP contribution is -2.53. The molecule has 57 heavy (non-hydrogen) atoms. The Hall–Kier alpha value is -5.61. The maximum absolute atomic E-state index is 15.3. The van der Waals surface area contributed by atoms with Crippen molar-refractivity contribution in [3.63, 3.8) is 0 Å². The van der Waals surface area contributed by atoms with Gasteiger partial charge in [-0.3, -0.25) is 29.5 Å². The number of halogens is 8. The molecule has 2 aliphatic heterocycles. The van der Waals surface area contributed by atoms with E-state index in [-0.39, 0.29) is 34.6 Å². The minimum Gasteiger partial charge on any atom is -0.508 e. The van der Waals surface area contributed by atoms with E-state index in [2.05, 4.69) is 15.1 Å². The fraction of sp³-hybridized carbons (Fsp3) is 0.256. The molecule has 18 heteroatoms. The number of aromatic hydroxyl groups is 1. The molecule has 10 nitrogen and oxygen atoms in total. The van der Waals surface area contributed by atoms with Crippen molar-refractivity contribution in [3.05, 3.63) is 123 Å². The highest BCUT2D eigenvalue weighted by atomic mass is 35.5. The Balaban J connectivity index is 1.34. The van der Waals surface area contributed by atoms with Gasteiger partial charge in [0.25, 0.3) is 11.8 Å². The number of rotatable bonds is 6. The van der Waals surface area contributed by atoms with Crippen LogP contribution in [-0.2, 0) is 30.8 Å². The third-order valence-corrected chi connectivity index (χ3v) is 11.7. The van der Waals surface area contributed by atoms with Gasteiger partial charge < -0.3 is 9.84 Å². The zero-order valence-electron chi connectivity index (χ0n) is 28.8. The lowest BCUT2D eigenvalue weighted by molar-refractivity contribution is -0.274. The number of pyridine rings is 1. The van der Waals surface area contributed by atoms with E-state index in [1.807, 2.05) is 0 Å². The van der Waals surface area contributed by atoms with Gasteiger partial charge >= 0.3 is 12.5 Å². The van der Waals surface area contributed by atoms with E-state index < -0.39 is 99.1 Å². The number of imide groups is 2. The first-order chi connectivity index (χ1) is 26.9. The number of allylic oxidation sites excluding steroid dienone is 2. The molecular weight excluding hydrogens is 805 g/mol. The Morgan fingerprint density at radius 2 is 1.56 bits per heavy atom. The predicted octanol–water partition coefficient (Wildman–Crippen LogP) is 8.20. The summed E-state index contributed by atoms with van der Waals surface area (Å²) in [6.07, 6.45) is -8.26. The van der Waals surface area contributed by atoms with E-state index in [1.165, 1.54) is 24.3 Å². The number of phenolic OH excluding ortho intramolecular Hbond substituents is 1. The summed E-state index contributed by atoms with van der Waals surface area (Å²) < 4.78 is 85.4. The van der Waals surface area contributed by atoms with Gasteiger partial charge in [0.05, 0.1) is 39.4 Å². The summed E-state index contributed by atoms with van der Waals surface area (Å²) in [5, 5.41) is 11.6. The number of fused-ring (bicyclic) bond motifs is 4. The number of carbonyl (C=O) groups is 4. The van der Waals surface area contributed by atoms with Gasteiger partial charge in [-0.15, -0.1) is 13.2 Å². The zero-order chi connectivity index (χ0) is 40.8. The number of nitrogens with one attached hydrogen (secondary N) is 1. The number of anilines is 2. The van der Waals surface area contributed by atoms with E-state index >= 15 is 4.79 Å². The monoisotopic (exact) mass is 830 g/mol. The van der Waals surface area contributed by atoms with Crippen molar-refractivity contribution in [2.45, 2.75) is 36.7 Å². The number of ether oxygens (including phenoxy) is 1. The number of aromatic nitrogens is 1. The second kappa shape index (κ2) is 13.5. The first-order valence-corrected chi connectivity index (χ1v) is 18.0. The van der Waals surface area contributed by atoms with Gasteiger partial charge in [0.15, 0.2) is 5.82 Å². The first-order valence-electron chi connectivity index (χ1n) is 17.3. The number of carbonyl (C=O) groups excluding carboxylic acids is 4. The largest absolute Gasteiger partial charge is 0.573 e. The molecule has 0 bridgehead atoms. The van der Waals surface area contributed by atoms with E-state index in [9.17, 15) is 45.8 Å². The zero-order valence-corrected chi connectivity index (χ0v) is 30.3. The highest BCUT2D eigenvalue weighted by molar-refractivity contribution is 6.33. The van der Waals surface area contributed by atoms with Crippen LogP contribution < -0.4 is 15.1 Å². The van der Waals surface area contributed by atoms with Crippen molar-refractivity contribution < 1.29 is 55.4 Å². The third kappa shape index (κ3) is 6.16. The maximum Gasteiger partial charge on any atom is 0.573 e. The van der Waals surface area contributed by atoms with Gasteiger partial charge in [-0.25, -0.2) is 4.98 Å². The number of hydrogen-bond donors (Lipinski definition) is 2. The number of alkyl halides is 6. The summed E-state index contributed by atoms with van der Waals surface area (Å²) in [6.45, 7) is 0. The Morgan fingerprint density at radius 1 is 0.860 bits per heavy atom. The molecule has 2 saturated heterocycles. The molecule has 1 saturated carbocycles. The van der Waals surface area contributed by atoms with Gasteiger partial charge in [0.1, 0.15) is 11.5 Å². The molecule has 4 aromatic rings. The predicted molar refractivity (Wildman–Crippen MR) is 191 cm³/mol. The Morgan fingerprint density at radius 3 is 2.21 bits per heavy atom. The number of amides is 4. The number of phenols is 1. The minimum atomic E-state index is -5.18. The third-order valence-electron chi connectivity index (χ3n) is 11.1.